The number of nitrogens with zero attached hydrogens (tertiary/aromatic N) is 4. The Bertz CT molecular complexity index is 1000. The standard InChI is InChI=1S/C15H17N5O3S/c1-19-11(17-18-15(19)24)6-7-20-14(21)12-9(8-16-20)4-5-10(22-2)13(12)23-3/h4-5,8H,6-7H2,1-3H3,(H,18,24). The molecule has 3 aromatic rings. The van der Waals surface area contributed by atoms with Crippen LogP contribution in [0.2, 0.25) is 0 Å². The largest absolute Gasteiger partial charge is 0.493 e. The van der Waals surface area contributed by atoms with E-state index in [1.54, 1.807) is 22.9 Å². The number of aryl methyl sites for hydroxylation is 2. The van der Waals surface area contributed by atoms with Crippen molar-refractivity contribution in [3.63, 3.8) is 0 Å². The normalized spacial score (nSPS) is 11.0. The molecule has 0 bridgehead atoms. The minimum Gasteiger partial charge on any atom is -0.493 e. The molecule has 1 aromatic carbocycles. The van der Waals surface area contributed by atoms with Crippen LogP contribution in [0, 0.1) is 4.77 Å². The molecule has 2 aromatic heterocycles. The minimum atomic E-state index is -0.236. The van der Waals surface area contributed by atoms with Gasteiger partial charge in [0, 0.05) is 18.9 Å². The van der Waals surface area contributed by atoms with Gasteiger partial charge in [-0.3, -0.25) is 9.89 Å². The lowest BCUT2D eigenvalue weighted by atomic mass is 10.1. The second-order valence-electron chi connectivity index (χ2n) is 5.19. The van der Waals surface area contributed by atoms with Crippen molar-refractivity contribution in [1.29, 1.82) is 0 Å². The van der Waals surface area contributed by atoms with Crippen LogP contribution in [0.25, 0.3) is 10.8 Å². The Hall–Kier alpha value is -2.68. The zero-order chi connectivity index (χ0) is 17.3. The summed E-state index contributed by atoms with van der Waals surface area (Å²) in [7, 11) is 4.87. The van der Waals surface area contributed by atoms with Crippen molar-refractivity contribution in [3.05, 3.63) is 39.3 Å². The third kappa shape index (κ3) is 2.67. The number of fused-ring (bicyclic) bond motifs is 1. The van der Waals surface area contributed by atoms with Gasteiger partial charge in [0.1, 0.15) is 5.82 Å². The Kier molecular flexibility index (Phi) is 4.34. The molecule has 0 unspecified atom stereocenters. The summed E-state index contributed by atoms with van der Waals surface area (Å²) in [6, 6.07) is 3.54. The van der Waals surface area contributed by atoms with Crippen molar-refractivity contribution < 1.29 is 9.47 Å². The molecule has 0 amide bonds. The summed E-state index contributed by atoms with van der Waals surface area (Å²) >= 11 is 5.08. The lowest BCUT2D eigenvalue weighted by molar-refractivity contribution is 0.358. The first-order valence-electron chi connectivity index (χ1n) is 7.28. The van der Waals surface area contributed by atoms with Crippen LogP contribution in [0.5, 0.6) is 11.5 Å². The van der Waals surface area contributed by atoms with E-state index >= 15 is 0 Å². The summed E-state index contributed by atoms with van der Waals surface area (Å²) in [6.07, 6.45) is 2.16. The molecule has 0 radical (unpaired) electrons. The number of nitrogens with one attached hydrogen (secondary N) is 1. The highest BCUT2D eigenvalue weighted by atomic mass is 32.1. The highest BCUT2D eigenvalue weighted by molar-refractivity contribution is 7.71. The number of H-pyrrole nitrogens is 1. The molecule has 0 aliphatic heterocycles. The topological polar surface area (TPSA) is 87.0 Å². The van der Waals surface area contributed by atoms with Crippen LogP contribution in [-0.2, 0) is 20.0 Å². The van der Waals surface area contributed by atoms with E-state index < -0.39 is 0 Å². The molecule has 0 saturated carbocycles. The highest BCUT2D eigenvalue weighted by Crippen LogP contribution is 2.32. The van der Waals surface area contributed by atoms with Gasteiger partial charge >= 0.3 is 0 Å². The Morgan fingerprint density at radius 1 is 1.29 bits per heavy atom. The predicted octanol–water partition coefficient (Wildman–Crippen LogP) is 1.45. The Morgan fingerprint density at radius 3 is 2.71 bits per heavy atom. The minimum absolute atomic E-state index is 0.236. The van der Waals surface area contributed by atoms with E-state index in [1.807, 2.05) is 7.05 Å². The van der Waals surface area contributed by atoms with Crippen LogP contribution in [0.3, 0.4) is 0 Å². The van der Waals surface area contributed by atoms with Gasteiger partial charge in [0.05, 0.1) is 32.3 Å². The molecular formula is C15H17N5O3S. The third-order valence-corrected chi connectivity index (χ3v) is 4.25. The van der Waals surface area contributed by atoms with Crippen molar-refractivity contribution >= 4 is 23.0 Å². The maximum absolute atomic E-state index is 12.8. The van der Waals surface area contributed by atoms with Gasteiger partial charge in [-0.25, -0.2) is 4.68 Å². The third-order valence-electron chi connectivity index (χ3n) is 3.88. The summed E-state index contributed by atoms with van der Waals surface area (Å²) in [6.45, 7) is 0.378. The highest BCUT2D eigenvalue weighted by Gasteiger charge is 2.15. The first kappa shape index (κ1) is 16.2. The molecular weight excluding hydrogens is 330 g/mol. The van der Waals surface area contributed by atoms with E-state index in [1.165, 1.54) is 18.9 Å². The Labute approximate surface area is 142 Å². The molecule has 126 valence electrons. The smallest absolute Gasteiger partial charge is 0.278 e. The molecule has 2 heterocycles. The average Bonchev–Trinajstić information content (AvgIpc) is 2.92. The number of benzene rings is 1. The number of hydrogen-bond donors (Lipinski definition) is 1. The van der Waals surface area contributed by atoms with Crippen molar-refractivity contribution in [1.82, 2.24) is 24.5 Å². The quantitative estimate of drug-likeness (QED) is 0.703. The molecule has 0 atom stereocenters. The number of hydrogen-bond acceptors (Lipinski definition) is 6. The van der Waals surface area contributed by atoms with Crippen molar-refractivity contribution in [3.8, 4) is 11.5 Å². The summed E-state index contributed by atoms with van der Waals surface area (Å²) < 4.78 is 14.3. The molecule has 0 fully saturated rings. The van der Waals surface area contributed by atoms with Crippen molar-refractivity contribution in [2.24, 2.45) is 7.05 Å². The molecule has 9 heteroatoms. The fourth-order valence-electron chi connectivity index (χ4n) is 2.55. The van der Waals surface area contributed by atoms with Gasteiger partial charge in [-0.2, -0.15) is 10.2 Å². The van der Waals surface area contributed by atoms with Gasteiger partial charge in [0.25, 0.3) is 5.56 Å². The number of ether oxygens (including phenoxy) is 2. The fraction of sp³-hybridized carbons (Fsp3) is 0.333. The first-order valence-corrected chi connectivity index (χ1v) is 7.68. The van der Waals surface area contributed by atoms with Gasteiger partial charge in [0.2, 0.25) is 0 Å². The summed E-state index contributed by atoms with van der Waals surface area (Å²) in [5.41, 5.74) is -0.236. The van der Waals surface area contributed by atoms with Gasteiger partial charge in [-0.05, 0) is 24.4 Å². The van der Waals surface area contributed by atoms with Crippen molar-refractivity contribution in [2.75, 3.05) is 14.2 Å². The van der Waals surface area contributed by atoms with Crippen LogP contribution in [0.1, 0.15) is 5.82 Å². The Morgan fingerprint density at radius 2 is 2.08 bits per heavy atom. The van der Waals surface area contributed by atoms with Crippen LogP contribution >= 0.6 is 12.2 Å². The maximum atomic E-state index is 12.8. The molecule has 0 saturated heterocycles. The lowest BCUT2D eigenvalue weighted by Gasteiger charge is -2.11. The van der Waals surface area contributed by atoms with E-state index in [9.17, 15) is 4.79 Å². The average molecular weight is 347 g/mol. The SMILES string of the molecule is COc1ccc2cnn(CCc3n[nH]c(=S)n3C)c(=O)c2c1OC. The second kappa shape index (κ2) is 6.44. The van der Waals surface area contributed by atoms with E-state index in [-0.39, 0.29) is 5.56 Å². The maximum Gasteiger partial charge on any atom is 0.278 e. The zero-order valence-electron chi connectivity index (χ0n) is 13.6. The molecule has 24 heavy (non-hydrogen) atoms. The van der Waals surface area contributed by atoms with E-state index in [2.05, 4.69) is 15.3 Å². The molecule has 1 N–H and O–H groups in total. The van der Waals surface area contributed by atoms with Gasteiger partial charge in [0.15, 0.2) is 16.3 Å². The monoisotopic (exact) mass is 347 g/mol. The number of methoxy groups -OCH3 is 2. The number of aromatic nitrogens is 5. The van der Waals surface area contributed by atoms with E-state index in [0.717, 1.165) is 5.82 Å². The number of rotatable bonds is 5. The fourth-order valence-corrected chi connectivity index (χ4v) is 2.70. The molecule has 0 spiro atoms. The van der Waals surface area contributed by atoms with Crippen LogP contribution in [0.15, 0.2) is 23.1 Å². The van der Waals surface area contributed by atoms with E-state index in [0.29, 0.717) is 40.0 Å². The predicted molar refractivity (Wildman–Crippen MR) is 91.2 cm³/mol. The van der Waals surface area contributed by atoms with Crippen LogP contribution in [-0.4, -0.2) is 38.8 Å². The summed E-state index contributed by atoms with van der Waals surface area (Å²) in [4.78, 5) is 12.8. The molecule has 0 aliphatic rings. The molecule has 8 nitrogen and oxygen atoms in total. The summed E-state index contributed by atoms with van der Waals surface area (Å²) in [5, 5.41) is 12.2. The van der Waals surface area contributed by atoms with Gasteiger partial charge in [-0.1, -0.05) is 0 Å². The Balaban J connectivity index is 2.03. The number of aromatic amines is 1. The molecule has 3 rings (SSSR count). The van der Waals surface area contributed by atoms with Gasteiger partial charge < -0.3 is 14.0 Å². The first-order chi connectivity index (χ1) is 11.6. The van der Waals surface area contributed by atoms with Gasteiger partial charge in [-0.15, -0.1) is 0 Å². The lowest BCUT2D eigenvalue weighted by Crippen LogP contribution is -2.24. The van der Waals surface area contributed by atoms with Crippen LogP contribution in [0.4, 0.5) is 0 Å². The zero-order valence-corrected chi connectivity index (χ0v) is 14.4. The second-order valence-corrected chi connectivity index (χ2v) is 5.58. The summed E-state index contributed by atoms with van der Waals surface area (Å²) in [5.74, 6) is 1.68. The van der Waals surface area contributed by atoms with E-state index in [4.69, 9.17) is 21.7 Å². The molecule has 0 aliphatic carbocycles. The van der Waals surface area contributed by atoms with Crippen LogP contribution < -0.4 is 15.0 Å². The van der Waals surface area contributed by atoms with Crippen molar-refractivity contribution in [2.45, 2.75) is 13.0 Å².